The highest BCUT2D eigenvalue weighted by Crippen LogP contribution is 2.20. The molecule has 0 saturated carbocycles. The molecule has 1 aromatic carbocycles. The third-order valence-electron chi connectivity index (χ3n) is 2.21. The van der Waals surface area contributed by atoms with Crippen LogP contribution in [0.25, 0.3) is 0 Å². The van der Waals surface area contributed by atoms with E-state index in [-0.39, 0.29) is 0 Å². The Balaban J connectivity index is 2.23. The predicted molar refractivity (Wildman–Crippen MR) is 75.8 cm³/mol. The van der Waals surface area contributed by atoms with Crippen LogP contribution in [0.1, 0.15) is 5.56 Å². The van der Waals surface area contributed by atoms with Crippen molar-refractivity contribution in [2.75, 3.05) is 11.1 Å². The van der Waals surface area contributed by atoms with Crippen molar-refractivity contribution >= 4 is 39.8 Å². The Hall–Kier alpha value is -1.30. The highest BCUT2D eigenvalue weighted by molar-refractivity contribution is 14.1. The summed E-state index contributed by atoms with van der Waals surface area (Å²) in [5.41, 5.74) is 8.40. The molecule has 0 amide bonds. The molecule has 1 aromatic heterocycles. The zero-order valence-corrected chi connectivity index (χ0v) is 11.0. The van der Waals surface area contributed by atoms with Crippen LogP contribution in [0.2, 0.25) is 0 Å². The average molecular weight is 325 g/mol. The first-order valence-electron chi connectivity index (χ1n) is 4.90. The first-order chi connectivity index (χ1) is 7.65. The number of aryl methyl sites for hydroxylation is 1. The lowest BCUT2D eigenvalue weighted by Gasteiger charge is -2.08. The summed E-state index contributed by atoms with van der Waals surface area (Å²) in [6, 6.07) is 10.1. The van der Waals surface area contributed by atoms with Crippen molar-refractivity contribution in [3.63, 3.8) is 0 Å². The molecule has 0 fully saturated rings. The summed E-state index contributed by atoms with van der Waals surface area (Å²) in [6.45, 7) is 1.98. The van der Waals surface area contributed by atoms with Crippen molar-refractivity contribution in [2.24, 2.45) is 0 Å². The second-order valence-electron chi connectivity index (χ2n) is 3.57. The molecule has 2 rings (SSSR count). The van der Waals surface area contributed by atoms with Crippen LogP contribution in [0, 0.1) is 10.5 Å². The number of benzene rings is 1. The Kier molecular flexibility index (Phi) is 3.28. The molecule has 0 aliphatic heterocycles. The number of hydrogen-bond donors (Lipinski definition) is 2. The summed E-state index contributed by atoms with van der Waals surface area (Å²) in [7, 11) is 0. The van der Waals surface area contributed by atoms with E-state index >= 15 is 0 Å². The molecule has 3 nitrogen and oxygen atoms in total. The van der Waals surface area contributed by atoms with Crippen LogP contribution < -0.4 is 11.1 Å². The van der Waals surface area contributed by atoms with E-state index in [0.29, 0.717) is 5.69 Å². The summed E-state index contributed by atoms with van der Waals surface area (Å²) >= 11 is 2.28. The van der Waals surface area contributed by atoms with Crippen molar-refractivity contribution < 1.29 is 0 Å². The highest BCUT2D eigenvalue weighted by Gasteiger charge is 2.00. The minimum atomic E-state index is 0.686. The topological polar surface area (TPSA) is 50.9 Å². The molecule has 0 saturated heterocycles. The van der Waals surface area contributed by atoms with Gasteiger partial charge in [-0.3, -0.25) is 0 Å². The Bertz CT molecular complexity index is 494. The van der Waals surface area contributed by atoms with Gasteiger partial charge in [0, 0.05) is 9.26 Å². The molecule has 16 heavy (non-hydrogen) atoms. The lowest BCUT2D eigenvalue weighted by molar-refractivity contribution is 1.26. The predicted octanol–water partition coefficient (Wildman–Crippen LogP) is 3.32. The molecular formula is C12H12IN3. The molecule has 0 bridgehead atoms. The minimum absolute atomic E-state index is 0.686. The molecule has 1 heterocycles. The number of nitrogens with two attached hydrogens (primary N) is 1. The van der Waals surface area contributed by atoms with Crippen LogP contribution in [0.4, 0.5) is 17.2 Å². The first-order valence-corrected chi connectivity index (χ1v) is 5.98. The van der Waals surface area contributed by atoms with Crippen LogP contribution in [0.15, 0.2) is 36.5 Å². The molecule has 0 spiro atoms. The molecule has 82 valence electrons. The van der Waals surface area contributed by atoms with Crippen LogP contribution >= 0.6 is 22.6 Å². The van der Waals surface area contributed by atoms with Gasteiger partial charge in [0.15, 0.2) is 0 Å². The van der Waals surface area contributed by atoms with Crippen LogP contribution in [-0.4, -0.2) is 4.98 Å². The maximum absolute atomic E-state index is 5.65. The molecule has 0 unspecified atom stereocenters. The van der Waals surface area contributed by atoms with Crippen molar-refractivity contribution in [3.05, 3.63) is 45.7 Å². The molecule has 0 atom stereocenters. The molecule has 0 aliphatic rings. The standard InChI is InChI=1S/C12H12IN3/c1-8-6-10(14)7-15-12(8)16-11-4-2-9(13)3-5-11/h2-7H,14H2,1H3,(H,15,16). The zero-order valence-electron chi connectivity index (χ0n) is 8.87. The molecule has 4 heteroatoms. The molecule has 0 aliphatic carbocycles. The maximum atomic E-state index is 5.65. The molecule has 3 N–H and O–H groups in total. The Morgan fingerprint density at radius 2 is 1.94 bits per heavy atom. The fraction of sp³-hybridized carbons (Fsp3) is 0.0833. The third-order valence-corrected chi connectivity index (χ3v) is 2.93. The van der Waals surface area contributed by atoms with Gasteiger partial charge in [-0.15, -0.1) is 0 Å². The molecule has 0 radical (unpaired) electrons. The molecule has 2 aromatic rings. The minimum Gasteiger partial charge on any atom is -0.397 e. The SMILES string of the molecule is Cc1cc(N)cnc1Nc1ccc(I)cc1. The van der Waals surface area contributed by atoms with Gasteiger partial charge in [0.25, 0.3) is 0 Å². The van der Waals surface area contributed by atoms with E-state index in [0.717, 1.165) is 17.1 Å². The summed E-state index contributed by atoms with van der Waals surface area (Å²) in [6.07, 6.45) is 1.65. The van der Waals surface area contributed by atoms with Crippen molar-refractivity contribution in [1.29, 1.82) is 0 Å². The van der Waals surface area contributed by atoms with Crippen LogP contribution in [0.3, 0.4) is 0 Å². The number of halogens is 1. The largest absolute Gasteiger partial charge is 0.397 e. The van der Waals surface area contributed by atoms with Gasteiger partial charge in [0.05, 0.1) is 11.9 Å². The van der Waals surface area contributed by atoms with E-state index in [1.54, 1.807) is 6.20 Å². The lowest BCUT2D eigenvalue weighted by atomic mass is 10.2. The van der Waals surface area contributed by atoms with Crippen LogP contribution in [0.5, 0.6) is 0 Å². The fourth-order valence-corrected chi connectivity index (χ4v) is 1.76. The van der Waals surface area contributed by atoms with E-state index in [2.05, 4.69) is 45.0 Å². The molecular weight excluding hydrogens is 313 g/mol. The second-order valence-corrected chi connectivity index (χ2v) is 4.81. The van der Waals surface area contributed by atoms with E-state index in [1.807, 2.05) is 25.1 Å². The van der Waals surface area contributed by atoms with Crippen molar-refractivity contribution in [3.8, 4) is 0 Å². The first kappa shape index (κ1) is 11.2. The maximum Gasteiger partial charge on any atom is 0.133 e. The second kappa shape index (κ2) is 4.69. The number of anilines is 3. The number of rotatable bonds is 2. The number of pyridine rings is 1. The Labute approximate surface area is 108 Å². The van der Waals surface area contributed by atoms with Gasteiger partial charge in [-0.25, -0.2) is 4.98 Å². The van der Waals surface area contributed by atoms with Gasteiger partial charge in [0.2, 0.25) is 0 Å². The number of hydrogen-bond acceptors (Lipinski definition) is 3. The number of nitrogens with one attached hydrogen (secondary N) is 1. The number of nitrogen functional groups attached to an aromatic ring is 1. The summed E-state index contributed by atoms with van der Waals surface area (Å²) in [5, 5.41) is 3.26. The smallest absolute Gasteiger partial charge is 0.133 e. The Morgan fingerprint density at radius 3 is 2.56 bits per heavy atom. The van der Waals surface area contributed by atoms with Crippen LogP contribution in [-0.2, 0) is 0 Å². The van der Waals surface area contributed by atoms with Gasteiger partial charge in [0.1, 0.15) is 5.82 Å². The van der Waals surface area contributed by atoms with Gasteiger partial charge >= 0.3 is 0 Å². The third kappa shape index (κ3) is 2.63. The van der Waals surface area contributed by atoms with E-state index in [9.17, 15) is 0 Å². The van der Waals surface area contributed by atoms with Gasteiger partial charge in [-0.2, -0.15) is 0 Å². The summed E-state index contributed by atoms with van der Waals surface area (Å²) in [4.78, 5) is 4.26. The fourth-order valence-electron chi connectivity index (χ4n) is 1.40. The summed E-state index contributed by atoms with van der Waals surface area (Å²) < 4.78 is 1.21. The van der Waals surface area contributed by atoms with E-state index in [4.69, 9.17) is 5.73 Å². The van der Waals surface area contributed by atoms with Crippen molar-refractivity contribution in [2.45, 2.75) is 6.92 Å². The van der Waals surface area contributed by atoms with E-state index in [1.165, 1.54) is 3.57 Å². The average Bonchev–Trinajstić information content (AvgIpc) is 2.25. The Morgan fingerprint density at radius 1 is 1.25 bits per heavy atom. The van der Waals surface area contributed by atoms with Gasteiger partial charge in [-0.1, -0.05) is 0 Å². The monoisotopic (exact) mass is 325 g/mol. The normalized spacial score (nSPS) is 10.1. The highest BCUT2D eigenvalue weighted by atomic mass is 127. The number of nitrogens with zero attached hydrogens (tertiary/aromatic N) is 1. The zero-order chi connectivity index (χ0) is 11.5. The number of aromatic nitrogens is 1. The van der Waals surface area contributed by atoms with Gasteiger partial charge in [-0.05, 0) is 65.4 Å². The van der Waals surface area contributed by atoms with Gasteiger partial charge < -0.3 is 11.1 Å². The quantitative estimate of drug-likeness (QED) is 0.833. The van der Waals surface area contributed by atoms with E-state index < -0.39 is 0 Å². The van der Waals surface area contributed by atoms with Crippen molar-refractivity contribution in [1.82, 2.24) is 4.98 Å². The lowest BCUT2D eigenvalue weighted by Crippen LogP contribution is -1.97. The summed E-state index contributed by atoms with van der Waals surface area (Å²) in [5.74, 6) is 0.843.